The predicted octanol–water partition coefficient (Wildman–Crippen LogP) is 4.09. The molecule has 0 saturated heterocycles. The van der Waals surface area contributed by atoms with Crippen molar-refractivity contribution in [2.75, 3.05) is 23.7 Å². The molecule has 0 aromatic heterocycles. The number of anilines is 1. The van der Waals surface area contributed by atoms with Crippen molar-refractivity contribution in [2.45, 2.75) is 39.3 Å². The van der Waals surface area contributed by atoms with Crippen LogP contribution < -0.4 is 9.62 Å². The summed E-state index contributed by atoms with van der Waals surface area (Å²) in [5.41, 5.74) is 0.950. The number of halogens is 2. The lowest BCUT2D eigenvalue weighted by molar-refractivity contribution is -0.139. The fourth-order valence-corrected chi connectivity index (χ4v) is 4.48. The molecule has 0 aliphatic carbocycles. The molecule has 0 bridgehead atoms. The highest BCUT2D eigenvalue weighted by atomic mass is 35.5. The number of rotatable bonds is 11. The van der Waals surface area contributed by atoms with Crippen LogP contribution in [0.1, 0.15) is 32.3 Å². The van der Waals surface area contributed by atoms with Gasteiger partial charge in [-0.15, -0.1) is 0 Å². The van der Waals surface area contributed by atoms with Gasteiger partial charge in [0.1, 0.15) is 12.6 Å². The van der Waals surface area contributed by atoms with Crippen molar-refractivity contribution in [1.29, 1.82) is 0 Å². The second-order valence-electron chi connectivity index (χ2n) is 7.68. The Morgan fingerprint density at radius 1 is 1.09 bits per heavy atom. The van der Waals surface area contributed by atoms with Crippen LogP contribution >= 0.6 is 23.2 Å². The molecule has 0 heterocycles. The van der Waals surface area contributed by atoms with Crippen LogP contribution in [0.4, 0.5) is 5.69 Å². The minimum Gasteiger partial charge on any atom is -0.354 e. The average Bonchev–Trinajstić information content (AvgIpc) is 2.76. The van der Waals surface area contributed by atoms with Gasteiger partial charge in [0.2, 0.25) is 21.8 Å². The highest BCUT2D eigenvalue weighted by Gasteiger charge is 2.30. The number of benzene rings is 2. The number of para-hydroxylation sites is 1. The van der Waals surface area contributed by atoms with E-state index in [9.17, 15) is 18.0 Å². The van der Waals surface area contributed by atoms with E-state index in [1.165, 1.54) is 4.90 Å². The molecule has 2 rings (SSSR count). The molecular formula is C23H29Cl2N3O4S. The largest absolute Gasteiger partial charge is 0.354 e. The van der Waals surface area contributed by atoms with Gasteiger partial charge in [-0.05, 0) is 43.2 Å². The molecule has 1 unspecified atom stereocenters. The van der Waals surface area contributed by atoms with E-state index in [0.717, 1.165) is 23.4 Å². The Bertz CT molecular complexity index is 1060. The monoisotopic (exact) mass is 513 g/mol. The normalized spacial score (nSPS) is 12.2. The first-order valence-corrected chi connectivity index (χ1v) is 13.2. The highest BCUT2D eigenvalue weighted by molar-refractivity contribution is 7.92. The van der Waals surface area contributed by atoms with Crippen molar-refractivity contribution >= 4 is 50.7 Å². The maximum Gasteiger partial charge on any atom is 0.244 e. The third kappa shape index (κ3) is 7.91. The van der Waals surface area contributed by atoms with Gasteiger partial charge in [-0.1, -0.05) is 60.8 Å². The number of hydrogen-bond donors (Lipinski definition) is 1. The first kappa shape index (κ1) is 27.0. The lowest BCUT2D eigenvalue weighted by Crippen LogP contribution is -2.51. The fourth-order valence-electron chi connectivity index (χ4n) is 3.16. The van der Waals surface area contributed by atoms with Crippen molar-refractivity contribution in [3.05, 3.63) is 64.1 Å². The minimum absolute atomic E-state index is 0.0175. The van der Waals surface area contributed by atoms with Gasteiger partial charge >= 0.3 is 0 Å². The lowest BCUT2D eigenvalue weighted by atomic mass is 10.1. The molecule has 1 atom stereocenters. The van der Waals surface area contributed by atoms with E-state index in [1.54, 1.807) is 55.5 Å². The molecule has 2 aromatic rings. The number of amides is 2. The molecule has 0 saturated carbocycles. The Labute approximate surface area is 205 Å². The van der Waals surface area contributed by atoms with E-state index >= 15 is 0 Å². The Morgan fingerprint density at radius 3 is 2.33 bits per heavy atom. The van der Waals surface area contributed by atoms with Crippen LogP contribution in [0.25, 0.3) is 0 Å². The van der Waals surface area contributed by atoms with Crippen molar-refractivity contribution in [3.63, 3.8) is 0 Å². The molecule has 0 fully saturated rings. The second kappa shape index (κ2) is 12.3. The molecule has 0 radical (unpaired) electrons. The van der Waals surface area contributed by atoms with E-state index in [2.05, 4.69) is 5.32 Å². The highest BCUT2D eigenvalue weighted by Crippen LogP contribution is 2.24. The number of hydrogen-bond acceptors (Lipinski definition) is 4. The van der Waals surface area contributed by atoms with Gasteiger partial charge in [-0.25, -0.2) is 8.42 Å². The number of nitrogens with zero attached hydrogens (tertiary/aromatic N) is 2. The number of sulfonamides is 1. The van der Waals surface area contributed by atoms with Crippen LogP contribution in [-0.2, 0) is 26.2 Å². The van der Waals surface area contributed by atoms with E-state index in [-0.39, 0.29) is 12.5 Å². The smallest absolute Gasteiger partial charge is 0.244 e. The maximum atomic E-state index is 13.4. The zero-order valence-electron chi connectivity index (χ0n) is 18.9. The van der Waals surface area contributed by atoms with Gasteiger partial charge in [0.25, 0.3) is 0 Å². The molecule has 2 amide bonds. The summed E-state index contributed by atoms with van der Waals surface area (Å²) in [6.45, 7) is 3.67. The van der Waals surface area contributed by atoms with Crippen molar-refractivity contribution in [2.24, 2.45) is 0 Å². The Hall–Kier alpha value is -2.29. The molecule has 10 heteroatoms. The van der Waals surface area contributed by atoms with Crippen molar-refractivity contribution in [3.8, 4) is 0 Å². The predicted molar refractivity (Wildman–Crippen MR) is 133 cm³/mol. The number of carbonyl (C=O) groups is 2. The average molecular weight is 514 g/mol. The summed E-state index contributed by atoms with van der Waals surface area (Å²) >= 11 is 12.3. The van der Waals surface area contributed by atoms with Gasteiger partial charge in [-0.3, -0.25) is 13.9 Å². The summed E-state index contributed by atoms with van der Waals surface area (Å²) in [7, 11) is -3.75. The van der Waals surface area contributed by atoms with Crippen LogP contribution in [-0.4, -0.2) is 50.5 Å². The standard InChI is InChI=1S/C23H29Cl2N3O4S/c1-4-5-13-26-23(30)17(2)27(15-18-11-12-19(24)14-21(18)25)22(29)16-28(33(3,31)32)20-9-7-6-8-10-20/h6-12,14,17H,4-5,13,15-16H2,1-3H3,(H,26,30). The van der Waals surface area contributed by atoms with Gasteiger partial charge in [-0.2, -0.15) is 0 Å². The fraction of sp³-hybridized carbons (Fsp3) is 0.391. The van der Waals surface area contributed by atoms with Crippen molar-refractivity contribution < 1.29 is 18.0 Å². The summed E-state index contributed by atoms with van der Waals surface area (Å²) in [6, 6.07) is 12.4. The molecular weight excluding hydrogens is 485 g/mol. The molecule has 2 aromatic carbocycles. The number of nitrogens with one attached hydrogen (secondary N) is 1. The van der Waals surface area contributed by atoms with Crippen LogP contribution in [0, 0.1) is 0 Å². The summed E-state index contributed by atoms with van der Waals surface area (Å²) < 4.78 is 25.9. The first-order valence-electron chi connectivity index (χ1n) is 10.6. The third-order valence-corrected chi connectivity index (χ3v) is 6.80. The molecule has 0 spiro atoms. The van der Waals surface area contributed by atoms with Crippen molar-refractivity contribution in [1.82, 2.24) is 10.2 Å². The first-order chi connectivity index (χ1) is 15.5. The Morgan fingerprint density at radius 2 is 1.76 bits per heavy atom. The summed E-state index contributed by atoms with van der Waals surface area (Å²) in [6.07, 6.45) is 2.76. The van der Waals surface area contributed by atoms with Crippen LogP contribution in [0.15, 0.2) is 48.5 Å². The molecule has 7 nitrogen and oxygen atoms in total. The van der Waals surface area contributed by atoms with Gasteiger partial charge < -0.3 is 10.2 Å². The molecule has 180 valence electrons. The summed E-state index contributed by atoms with van der Waals surface area (Å²) in [5.74, 6) is -0.860. The maximum absolute atomic E-state index is 13.4. The SMILES string of the molecule is CCCCNC(=O)C(C)N(Cc1ccc(Cl)cc1Cl)C(=O)CN(c1ccccc1)S(C)(=O)=O. The summed E-state index contributed by atoms with van der Waals surface area (Å²) in [5, 5.41) is 3.62. The molecule has 0 aliphatic heterocycles. The van der Waals surface area contributed by atoms with E-state index in [0.29, 0.717) is 27.8 Å². The number of unbranched alkanes of at least 4 members (excludes halogenated alkanes) is 1. The second-order valence-corrected chi connectivity index (χ2v) is 10.4. The van der Waals surface area contributed by atoms with E-state index in [4.69, 9.17) is 23.2 Å². The van der Waals surface area contributed by atoms with E-state index in [1.807, 2.05) is 6.92 Å². The Balaban J connectivity index is 2.35. The van der Waals surface area contributed by atoms with Gasteiger partial charge in [0.05, 0.1) is 11.9 Å². The third-order valence-electron chi connectivity index (χ3n) is 5.08. The van der Waals surface area contributed by atoms with Crippen LogP contribution in [0.5, 0.6) is 0 Å². The molecule has 0 aliphatic rings. The number of carbonyl (C=O) groups excluding carboxylic acids is 2. The van der Waals surface area contributed by atoms with Gasteiger partial charge in [0, 0.05) is 23.1 Å². The van der Waals surface area contributed by atoms with E-state index < -0.39 is 28.5 Å². The quantitative estimate of drug-likeness (QED) is 0.458. The molecule has 33 heavy (non-hydrogen) atoms. The minimum atomic E-state index is -3.75. The van der Waals surface area contributed by atoms with Gasteiger partial charge in [0.15, 0.2) is 0 Å². The zero-order valence-corrected chi connectivity index (χ0v) is 21.3. The summed E-state index contributed by atoms with van der Waals surface area (Å²) in [4.78, 5) is 27.5. The Kier molecular flexibility index (Phi) is 10.0. The zero-order chi connectivity index (χ0) is 24.6. The lowest BCUT2D eigenvalue weighted by Gasteiger charge is -2.31. The van der Waals surface area contributed by atoms with Crippen LogP contribution in [0.2, 0.25) is 10.0 Å². The van der Waals surface area contributed by atoms with Crippen LogP contribution in [0.3, 0.4) is 0 Å². The molecule has 1 N–H and O–H groups in total. The topological polar surface area (TPSA) is 86.8 Å².